The molecule has 0 unspecified atom stereocenters. The van der Waals surface area contributed by atoms with Crippen LogP contribution in [0.5, 0.6) is 0 Å². The first-order valence-corrected chi connectivity index (χ1v) is 5.09. The van der Waals surface area contributed by atoms with Crippen LogP contribution in [0.25, 0.3) is 0 Å². The Morgan fingerprint density at radius 1 is 1.12 bits per heavy atom. The molecule has 0 aliphatic carbocycles. The molecule has 17 heavy (non-hydrogen) atoms. The van der Waals surface area contributed by atoms with Crippen molar-refractivity contribution in [2.75, 3.05) is 0 Å². The molecule has 0 amide bonds. The molecular weight excluding hydrogens is 221 g/mol. The van der Waals surface area contributed by atoms with Gasteiger partial charge in [-0.15, -0.1) is 0 Å². The number of pyridine rings is 1. The number of aromatic nitrogens is 1. The highest BCUT2D eigenvalue weighted by Crippen LogP contribution is 2.04. The number of benzene rings is 1. The van der Waals surface area contributed by atoms with E-state index in [1.807, 2.05) is 0 Å². The second-order valence-electron chi connectivity index (χ2n) is 3.67. The summed E-state index contributed by atoms with van der Waals surface area (Å²) < 4.78 is 14.1. The number of aldehydes is 1. The standard InChI is InChI=1S/C13H10FNO2/c14-12-4-1-10(2-5-12)7-15-8-11(9-16)3-6-13(15)17/h1-6,8-9H,7H2. The van der Waals surface area contributed by atoms with E-state index in [2.05, 4.69) is 0 Å². The minimum Gasteiger partial charge on any atom is -0.310 e. The molecule has 0 aliphatic rings. The number of carbonyl (C=O) groups is 1. The summed E-state index contributed by atoms with van der Waals surface area (Å²) >= 11 is 0. The number of hydrogen-bond donors (Lipinski definition) is 0. The summed E-state index contributed by atoms with van der Waals surface area (Å²) in [5, 5.41) is 0. The van der Waals surface area contributed by atoms with Crippen LogP contribution >= 0.6 is 0 Å². The van der Waals surface area contributed by atoms with Gasteiger partial charge in [-0.2, -0.15) is 0 Å². The summed E-state index contributed by atoms with van der Waals surface area (Å²) in [6.07, 6.45) is 2.17. The van der Waals surface area contributed by atoms with Crippen LogP contribution in [0.15, 0.2) is 47.4 Å². The maximum Gasteiger partial charge on any atom is 0.250 e. The highest BCUT2D eigenvalue weighted by molar-refractivity contribution is 5.73. The van der Waals surface area contributed by atoms with Crippen LogP contribution in [-0.4, -0.2) is 10.9 Å². The molecule has 0 aliphatic heterocycles. The number of nitrogens with zero attached hydrogens (tertiary/aromatic N) is 1. The molecule has 86 valence electrons. The number of halogens is 1. The molecule has 0 saturated heterocycles. The summed E-state index contributed by atoms with van der Waals surface area (Å²) in [5.74, 6) is -0.317. The van der Waals surface area contributed by atoms with E-state index in [9.17, 15) is 14.0 Å². The summed E-state index contributed by atoms with van der Waals surface area (Å²) in [5.41, 5.74) is 1.04. The molecule has 0 bridgehead atoms. The lowest BCUT2D eigenvalue weighted by molar-refractivity contribution is 0.112. The normalized spacial score (nSPS) is 10.2. The van der Waals surface area contributed by atoms with Gasteiger partial charge >= 0.3 is 0 Å². The highest BCUT2D eigenvalue weighted by atomic mass is 19.1. The Morgan fingerprint density at radius 3 is 2.47 bits per heavy atom. The Morgan fingerprint density at radius 2 is 1.82 bits per heavy atom. The first-order chi connectivity index (χ1) is 8.19. The summed E-state index contributed by atoms with van der Waals surface area (Å²) in [4.78, 5) is 22.1. The van der Waals surface area contributed by atoms with Crippen molar-refractivity contribution < 1.29 is 9.18 Å². The lowest BCUT2D eigenvalue weighted by atomic mass is 10.2. The van der Waals surface area contributed by atoms with Crippen LogP contribution in [0.1, 0.15) is 15.9 Å². The third-order valence-electron chi connectivity index (χ3n) is 2.41. The van der Waals surface area contributed by atoms with Crippen molar-refractivity contribution >= 4 is 6.29 Å². The van der Waals surface area contributed by atoms with Crippen molar-refractivity contribution in [1.82, 2.24) is 4.57 Å². The van der Waals surface area contributed by atoms with Gasteiger partial charge in [0.15, 0.2) is 6.29 Å². The van der Waals surface area contributed by atoms with E-state index in [4.69, 9.17) is 0 Å². The topological polar surface area (TPSA) is 39.1 Å². The Kier molecular flexibility index (Phi) is 3.14. The van der Waals surface area contributed by atoms with Gasteiger partial charge in [0, 0.05) is 17.8 Å². The minimum atomic E-state index is -0.317. The minimum absolute atomic E-state index is 0.195. The van der Waals surface area contributed by atoms with E-state index in [-0.39, 0.29) is 11.4 Å². The molecular formula is C13H10FNO2. The van der Waals surface area contributed by atoms with Gasteiger partial charge in [0.25, 0.3) is 5.56 Å². The number of hydrogen-bond acceptors (Lipinski definition) is 2. The highest BCUT2D eigenvalue weighted by Gasteiger charge is 2.00. The van der Waals surface area contributed by atoms with Crippen molar-refractivity contribution in [2.45, 2.75) is 6.54 Å². The Balaban J connectivity index is 2.32. The average molecular weight is 231 g/mol. The Hall–Kier alpha value is -2.23. The van der Waals surface area contributed by atoms with E-state index in [0.717, 1.165) is 5.56 Å². The predicted octanol–water partition coefficient (Wildman–Crippen LogP) is 1.85. The lowest BCUT2D eigenvalue weighted by Gasteiger charge is -2.06. The SMILES string of the molecule is O=Cc1ccc(=O)n(Cc2ccc(F)cc2)c1. The van der Waals surface area contributed by atoms with Crippen LogP contribution in [-0.2, 0) is 6.54 Å². The first-order valence-electron chi connectivity index (χ1n) is 5.09. The van der Waals surface area contributed by atoms with Crippen molar-refractivity contribution in [1.29, 1.82) is 0 Å². The van der Waals surface area contributed by atoms with Gasteiger partial charge in [-0.05, 0) is 23.8 Å². The summed E-state index contributed by atoms with van der Waals surface area (Å²) in [6.45, 7) is 0.320. The van der Waals surface area contributed by atoms with Crippen LogP contribution in [0.2, 0.25) is 0 Å². The molecule has 4 heteroatoms. The zero-order valence-corrected chi connectivity index (χ0v) is 8.97. The van der Waals surface area contributed by atoms with Gasteiger partial charge in [-0.3, -0.25) is 9.59 Å². The van der Waals surface area contributed by atoms with Gasteiger partial charge in [0.2, 0.25) is 0 Å². The van der Waals surface area contributed by atoms with Gasteiger partial charge in [-0.1, -0.05) is 12.1 Å². The van der Waals surface area contributed by atoms with Gasteiger partial charge in [0.1, 0.15) is 5.82 Å². The van der Waals surface area contributed by atoms with Crippen LogP contribution in [0.3, 0.4) is 0 Å². The predicted molar refractivity (Wildman–Crippen MR) is 61.6 cm³/mol. The van der Waals surface area contributed by atoms with Crippen molar-refractivity contribution in [3.8, 4) is 0 Å². The van der Waals surface area contributed by atoms with Crippen LogP contribution in [0, 0.1) is 5.82 Å². The summed E-state index contributed by atoms with van der Waals surface area (Å²) in [6, 6.07) is 8.70. The Labute approximate surface area is 97.1 Å². The second kappa shape index (κ2) is 4.74. The van der Waals surface area contributed by atoms with E-state index >= 15 is 0 Å². The fourth-order valence-electron chi connectivity index (χ4n) is 1.53. The third kappa shape index (κ3) is 2.66. The van der Waals surface area contributed by atoms with E-state index in [0.29, 0.717) is 18.4 Å². The Bertz CT molecular complexity index is 587. The lowest BCUT2D eigenvalue weighted by Crippen LogP contribution is -2.19. The van der Waals surface area contributed by atoms with Crippen molar-refractivity contribution in [3.05, 3.63) is 69.9 Å². The molecule has 0 saturated carbocycles. The zero-order valence-electron chi connectivity index (χ0n) is 8.97. The van der Waals surface area contributed by atoms with Gasteiger partial charge in [-0.25, -0.2) is 4.39 Å². The van der Waals surface area contributed by atoms with Crippen molar-refractivity contribution in [3.63, 3.8) is 0 Å². The molecule has 2 rings (SSSR count). The van der Waals surface area contributed by atoms with E-state index in [1.54, 1.807) is 12.1 Å². The maximum atomic E-state index is 12.7. The maximum absolute atomic E-state index is 12.7. The molecule has 1 aromatic heterocycles. The average Bonchev–Trinajstić information content (AvgIpc) is 2.35. The first kappa shape index (κ1) is 11.3. The summed E-state index contributed by atoms with van der Waals surface area (Å²) in [7, 11) is 0. The largest absolute Gasteiger partial charge is 0.310 e. The quantitative estimate of drug-likeness (QED) is 0.756. The molecule has 0 fully saturated rings. The molecule has 2 aromatic rings. The zero-order chi connectivity index (χ0) is 12.3. The van der Waals surface area contributed by atoms with Crippen LogP contribution in [0.4, 0.5) is 4.39 Å². The molecule has 1 aromatic carbocycles. The smallest absolute Gasteiger partial charge is 0.250 e. The van der Waals surface area contributed by atoms with Gasteiger partial charge in [0.05, 0.1) is 6.54 Å². The van der Waals surface area contributed by atoms with Crippen molar-refractivity contribution in [2.24, 2.45) is 0 Å². The second-order valence-corrected chi connectivity index (χ2v) is 3.67. The third-order valence-corrected chi connectivity index (χ3v) is 2.41. The van der Waals surface area contributed by atoms with E-state index < -0.39 is 0 Å². The molecule has 1 heterocycles. The fourth-order valence-corrected chi connectivity index (χ4v) is 1.53. The van der Waals surface area contributed by atoms with Crippen LogP contribution < -0.4 is 5.56 Å². The number of rotatable bonds is 3. The fraction of sp³-hybridized carbons (Fsp3) is 0.0769. The molecule has 0 atom stereocenters. The van der Waals surface area contributed by atoms with E-state index in [1.165, 1.54) is 35.0 Å². The monoisotopic (exact) mass is 231 g/mol. The molecule has 0 radical (unpaired) electrons. The number of carbonyl (C=O) groups excluding carboxylic acids is 1. The molecule has 0 N–H and O–H groups in total. The van der Waals surface area contributed by atoms with Gasteiger partial charge < -0.3 is 4.57 Å². The molecule has 0 spiro atoms. The molecule has 3 nitrogen and oxygen atoms in total.